The summed E-state index contributed by atoms with van der Waals surface area (Å²) in [7, 11) is 0. The number of aromatic nitrogens is 4. The predicted octanol–water partition coefficient (Wildman–Crippen LogP) is 0.969. The molecular formula is C13H18N6. The van der Waals surface area contributed by atoms with E-state index >= 15 is 0 Å². The van der Waals surface area contributed by atoms with E-state index in [2.05, 4.69) is 26.4 Å². The SMILES string of the molecule is NCCCc1nc2n(n1)C(c1cccnc1)CCN2. The monoisotopic (exact) mass is 258 g/mol. The highest BCUT2D eigenvalue weighted by Gasteiger charge is 2.24. The summed E-state index contributed by atoms with van der Waals surface area (Å²) in [4.78, 5) is 8.72. The van der Waals surface area contributed by atoms with Crippen molar-refractivity contribution in [3.05, 3.63) is 35.9 Å². The van der Waals surface area contributed by atoms with Crippen molar-refractivity contribution in [2.24, 2.45) is 5.73 Å². The lowest BCUT2D eigenvalue weighted by Crippen LogP contribution is -2.24. The highest BCUT2D eigenvalue weighted by Crippen LogP contribution is 2.27. The molecule has 0 aliphatic carbocycles. The summed E-state index contributed by atoms with van der Waals surface area (Å²) in [5.74, 6) is 1.72. The molecule has 1 aliphatic heterocycles. The number of rotatable bonds is 4. The summed E-state index contributed by atoms with van der Waals surface area (Å²) in [6.45, 7) is 1.58. The second-order valence-electron chi connectivity index (χ2n) is 4.71. The van der Waals surface area contributed by atoms with Gasteiger partial charge < -0.3 is 11.1 Å². The lowest BCUT2D eigenvalue weighted by Gasteiger charge is -2.24. The number of fused-ring (bicyclic) bond motifs is 1. The molecule has 3 heterocycles. The molecule has 19 heavy (non-hydrogen) atoms. The fraction of sp³-hybridized carbons (Fsp3) is 0.462. The number of hydrogen-bond acceptors (Lipinski definition) is 5. The molecule has 0 radical (unpaired) electrons. The Morgan fingerprint density at radius 3 is 3.21 bits per heavy atom. The highest BCUT2D eigenvalue weighted by molar-refractivity contribution is 5.32. The minimum Gasteiger partial charge on any atom is -0.354 e. The van der Waals surface area contributed by atoms with Crippen molar-refractivity contribution in [2.75, 3.05) is 18.4 Å². The Hall–Kier alpha value is -1.95. The fourth-order valence-electron chi connectivity index (χ4n) is 2.40. The number of anilines is 1. The van der Waals surface area contributed by atoms with Crippen molar-refractivity contribution < 1.29 is 0 Å². The number of hydrogen-bond donors (Lipinski definition) is 2. The van der Waals surface area contributed by atoms with Crippen LogP contribution in [0, 0.1) is 0 Å². The van der Waals surface area contributed by atoms with Gasteiger partial charge in [0, 0.05) is 25.4 Å². The van der Waals surface area contributed by atoms with Gasteiger partial charge in [0.05, 0.1) is 6.04 Å². The van der Waals surface area contributed by atoms with Gasteiger partial charge in [0.15, 0.2) is 5.82 Å². The van der Waals surface area contributed by atoms with Gasteiger partial charge in [0.1, 0.15) is 0 Å². The number of nitrogens with two attached hydrogens (primary N) is 1. The van der Waals surface area contributed by atoms with Gasteiger partial charge in [-0.2, -0.15) is 10.1 Å². The summed E-state index contributed by atoms with van der Waals surface area (Å²) in [5, 5.41) is 7.90. The first-order valence-electron chi connectivity index (χ1n) is 6.68. The Morgan fingerprint density at radius 2 is 2.42 bits per heavy atom. The van der Waals surface area contributed by atoms with Crippen LogP contribution in [-0.2, 0) is 6.42 Å². The number of pyridine rings is 1. The maximum Gasteiger partial charge on any atom is 0.221 e. The van der Waals surface area contributed by atoms with Crippen LogP contribution in [0.5, 0.6) is 0 Å². The van der Waals surface area contributed by atoms with E-state index in [0.717, 1.165) is 37.6 Å². The van der Waals surface area contributed by atoms with Crippen LogP contribution in [0.4, 0.5) is 5.95 Å². The fourth-order valence-corrected chi connectivity index (χ4v) is 2.40. The van der Waals surface area contributed by atoms with Crippen molar-refractivity contribution in [1.82, 2.24) is 19.7 Å². The molecular weight excluding hydrogens is 240 g/mol. The van der Waals surface area contributed by atoms with E-state index in [1.807, 2.05) is 16.9 Å². The van der Waals surface area contributed by atoms with E-state index in [9.17, 15) is 0 Å². The van der Waals surface area contributed by atoms with Crippen LogP contribution in [0.1, 0.15) is 30.3 Å². The lowest BCUT2D eigenvalue weighted by atomic mass is 10.1. The molecule has 0 spiro atoms. The first kappa shape index (κ1) is 12.1. The summed E-state index contributed by atoms with van der Waals surface area (Å²) >= 11 is 0. The molecule has 0 amide bonds. The topological polar surface area (TPSA) is 81.7 Å². The zero-order chi connectivity index (χ0) is 13.1. The largest absolute Gasteiger partial charge is 0.354 e. The summed E-state index contributed by atoms with van der Waals surface area (Å²) < 4.78 is 1.98. The Labute approximate surface area is 112 Å². The summed E-state index contributed by atoms with van der Waals surface area (Å²) in [6, 6.07) is 4.28. The molecule has 0 saturated carbocycles. The predicted molar refractivity (Wildman–Crippen MR) is 72.9 cm³/mol. The third-order valence-electron chi connectivity index (χ3n) is 3.34. The Bertz CT molecular complexity index is 535. The van der Waals surface area contributed by atoms with Gasteiger partial charge in [0.25, 0.3) is 0 Å². The second kappa shape index (κ2) is 5.36. The average Bonchev–Trinajstić information content (AvgIpc) is 2.88. The zero-order valence-corrected chi connectivity index (χ0v) is 10.8. The molecule has 2 aromatic rings. The molecule has 3 N–H and O–H groups in total. The van der Waals surface area contributed by atoms with Gasteiger partial charge in [-0.05, 0) is 31.0 Å². The molecule has 6 heteroatoms. The van der Waals surface area contributed by atoms with Gasteiger partial charge in [-0.15, -0.1) is 0 Å². The van der Waals surface area contributed by atoms with Crippen molar-refractivity contribution in [2.45, 2.75) is 25.3 Å². The summed E-state index contributed by atoms with van der Waals surface area (Å²) in [6.07, 6.45) is 6.44. The van der Waals surface area contributed by atoms with Crippen molar-refractivity contribution >= 4 is 5.95 Å². The van der Waals surface area contributed by atoms with Gasteiger partial charge in [-0.3, -0.25) is 4.98 Å². The third-order valence-corrected chi connectivity index (χ3v) is 3.34. The lowest BCUT2D eigenvalue weighted by molar-refractivity contribution is 0.475. The summed E-state index contributed by atoms with van der Waals surface area (Å²) in [5.41, 5.74) is 6.71. The van der Waals surface area contributed by atoms with Gasteiger partial charge in [0.2, 0.25) is 5.95 Å². The standard InChI is InChI=1S/C13H18N6/c14-6-1-4-12-17-13-16-8-5-11(19(13)18-12)10-3-2-7-15-9-10/h2-3,7,9,11H,1,4-6,8,14H2,(H,16,17,18). The van der Waals surface area contributed by atoms with Crippen molar-refractivity contribution in [3.63, 3.8) is 0 Å². The molecule has 6 nitrogen and oxygen atoms in total. The third kappa shape index (κ3) is 2.44. The quantitative estimate of drug-likeness (QED) is 0.854. The molecule has 0 bridgehead atoms. The highest BCUT2D eigenvalue weighted by atomic mass is 15.4. The van der Waals surface area contributed by atoms with Crippen LogP contribution in [0.3, 0.4) is 0 Å². The molecule has 1 aliphatic rings. The maximum atomic E-state index is 5.53. The van der Waals surface area contributed by atoms with E-state index in [4.69, 9.17) is 5.73 Å². The molecule has 3 rings (SSSR count). The number of aryl methyl sites for hydroxylation is 1. The Balaban J connectivity index is 1.89. The van der Waals surface area contributed by atoms with Crippen molar-refractivity contribution in [1.29, 1.82) is 0 Å². The number of nitrogens with one attached hydrogen (secondary N) is 1. The number of nitrogens with zero attached hydrogens (tertiary/aromatic N) is 4. The molecule has 0 saturated heterocycles. The van der Waals surface area contributed by atoms with E-state index in [1.54, 1.807) is 6.20 Å². The minimum atomic E-state index is 0.226. The molecule has 1 unspecified atom stereocenters. The molecule has 0 fully saturated rings. The smallest absolute Gasteiger partial charge is 0.221 e. The second-order valence-corrected chi connectivity index (χ2v) is 4.71. The Morgan fingerprint density at radius 1 is 1.47 bits per heavy atom. The van der Waals surface area contributed by atoms with Gasteiger partial charge >= 0.3 is 0 Å². The van der Waals surface area contributed by atoms with Crippen molar-refractivity contribution in [3.8, 4) is 0 Å². The van der Waals surface area contributed by atoms with Crippen LogP contribution >= 0.6 is 0 Å². The molecule has 0 aromatic carbocycles. The van der Waals surface area contributed by atoms with Gasteiger partial charge in [-0.25, -0.2) is 4.68 Å². The van der Waals surface area contributed by atoms with Crippen LogP contribution in [0.25, 0.3) is 0 Å². The van der Waals surface area contributed by atoms with Crippen LogP contribution in [0.2, 0.25) is 0 Å². The van der Waals surface area contributed by atoms with Crippen LogP contribution in [0.15, 0.2) is 24.5 Å². The Kier molecular flexibility index (Phi) is 3.41. The maximum absolute atomic E-state index is 5.53. The van der Waals surface area contributed by atoms with Gasteiger partial charge in [-0.1, -0.05) is 6.07 Å². The normalized spacial score (nSPS) is 17.8. The van der Waals surface area contributed by atoms with E-state index in [0.29, 0.717) is 6.54 Å². The van der Waals surface area contributed by atoms with Crippen LogP contribution < -0.4 is 11.1 Å². The minimum absolute atomic E-state index is 0.226. The molecule has 2 aromatic heterocycles. The average molecular weight is 258 g/mol. The van der Waals surface area contributed by atoms with E-state index < -0.39 is 0 Å². The van der Waals surface area contributed by atoms with E-state index in [1.165, 1.54) is 5.56 Å². The molecule has 100 valence electrons. The zero-order valence-electron chi connectivity index (χ0n) is 10.8. The molecule has 1 atom stereocenters. The van der Waals surface area contributed by atoms with E-state index in [-0.39, 0.29) is 6.04 Å². The first-order chi connectivity index (χ1) is 9.38. The van der Waals surface area contributed by atoms with Crippen LogP contribution in [-0.4, -0.2) is 32.8 Å². The first-order valence-corrected chi connectivity index (χ1v) is 6.68.